The van der Waals surface area contributed by atoms with Gasteiger partial charge < -0.3 is 23.7 Å². The van der Waals surface area contributed by atoms with Gasteiger partial charge in [-0.25, -0.2) is 4.79 Å². The third-order valence-corrected chi connectivity index (χ3v) is 4.92. The van der Waals surface area contributed by atoms with Gasteiger partial charge in [0.25, 0.3) is 0 Å². The Bertz CT molecular complexity index is 528. The van der Waals surface area contributed by atoms with Gasteiger partial charge in [0.05, 0.1) is 25.9 Å². The van der Waals surface area contributed by atoms with Gasteiger partial charge in [0.1, 0.15) is 12.2 Å². The Morgan fingerprint density at radius 1 is 1.12 bits per heavy atom. The van der Waals surface area contributed by atoms with Gasteiger partial charge in [0.15, 0.2) is 11.6 Å². The first-order chi connectivity index (χ1) is 11.6. The summed E-state index contributed by atoms with van der Waals surface area (Å²) in [6.07, 6.45) is 0.737. The Morgan fingerprint density at radius 2 is 1.68 bits per heavy atom. The van der Waals surface area contributed by atoms with E-state index < -0.39 is 23.6 Å². The minimum atomic E-state index is -0.677. The molecule has 2 fully saturated rings. The number of ether oxygens (including phenoxy) is 5. The molecule has 0 radical (unpaired) electrons. The number of carbonyl (C=O) groups is 1. The van der Waals surface area contributed by atoms with E-state index in [2.05, 4.69) is 13.8 Å². The Morgan fingerprint density at radius 3 is 2.20 bits per heavy atom. The van der Waals surface area contributed by atoms with E-state index in [0.717, 1.165) is 12.0 Å². The molecule has 25 heavy (non-hydrogen) atoms. The monoisotopic (exact) mass is 356 g/mol. The molecule has 2 rings (SSSR count). The van der Waals surface area contributed by atoms with E-state index in [1.807, 2.05) is 27.7 Å². The van der Waals surface area contributed by atoms with Crippen LogP contribution in [0.15, 0.2) is 11.1 Å². The summed E-state index contributed by atoms with van der Waals surface area (Å²) in [7, 11) is 1.37. The van der Waals surface area contributed by atoms with E-state index in [9.17, 15) is 4.79 Å². The maximum Gasteiger partial charge on any atom is 0.336 e. The summed E-state index contributed by atoms with van der Waals surface area (Å²) >= 11 is 0. The van der Waals surface area contributed by atoms with E-state index in [1.54, 1.807) is 0 Å². The Labute approximate surface area is 150 Å². The summed E-state index contributed by atoms with van der Waals surface area (Å²) in [5, 5.41) is 0. The second kappa shape index (κ2) is 7.74. The van der Waals surface area contributed by atoms with Crippen LogP contribution in [-0.2, 0) is 28.5 Å². The van der Waals surface area contributed by atoms with Crippen LogP contribution in [0.4, 0.5) is 0 Å². The minimum absolute atomic E-state index is 0.296. The molecular weight excluding hydrogens is 324 g/mol. The molecule has 144 valence electrons. The van der Waals surface area contributed by atoms with Crippen molar-refractivity contribution in [2.45, 2.75) is 78.2 Å². The molecule has 0 aliphatic carbocycles. The minimum Gasteiger partial charge on any atom is -0.466 e. The average Bonchev–Trinajstić information content (AvgIpc) is 3.11. The molecule has 0 aromatic carbocycles. The van der Waals surface area contributed by atoms with Crippen LogP contribution in [0, 0.1) is 5.92 Å². The van der Waals surface area contributed by atoms with Crippen molar-refractivity contribution in [1.29, 1.82) is 0 Å². The quantitative estimate of drug-likeness (QED) is 0.538. The van der Waals surface area contributed by atoms with Crippen molar-refractivity contribution < 1.29 is 28.5 Å². The van der Waals surface area contributed by atoms with E-state index in [1.165, 1.54) is 7.11 Å². The van der Waals surface area contributed by atoms with Crippen LogP contribution in [0.1, 0.15) is 54.4 Å². The number of carbonyl (C=O) groups excluding carboxylic acids is 1. The maximum absolute atomic E-state index is 12.4. The van der Waals surface area contributed by atoms with E-state index in [0.29, 0.717) is 31.1 Å². The first kappa shape index (κ1) is 20.4. The summed E-state index contributed by atoms with van der Waals surface area (Å²) < 4.78 is 28.8. The van der Waals surface area contributed by atoms with Gasteiger partial charge in [0, 0.05) is 6.42 Å². The van der Waals surface area contributed by atoms with Gasteiger partial charge in [0.2, 0.25) is 0 Å². The lowest BCUT2D eigenvalue weighted by atomic mass is 10.00. The lowest BCUT2D eigenvalue weighted by Crippen LogP contribution is -2.31. The molecule has 6 nitrogen and oxygen atoms in total. The highest BCUT2D eigenvalue weighted by Crippen LogP contribution is 2.36. The van der Waals surface area contributed by atoms with Crippen molar-refractivity contribution in [1.82, 2.24) is 0 Å². The molecule has 4 atom stereocenters. The van der Waals surface area contributed by atoms with Crippen molar-refractivity contribution in [3.63, 3.8) is 0 Å². The number of rotatable bonds is 6. The largest absolute Gasteiger partial charge is 0.466 e. The van der Waals surface area contributed by atoms with Gasteiger partial charge in [-0.15, -0.1) is 0 Å². The van der Waals surface area contributed by atoms with Crippen molar-refractivity contribution >= 4 is 5.97 Å². The van der Waals surface area contributed by atoms with Crippen molar-refractivity contribution in [2.24, 2.45) is 5.92 Å². The highest BCUT2D eigenvalue weighted by molar-refractivity contribution is 5.90. The van der Waals surface area contributed by atoms with Crippen LogP contribution in [0.3, 0.4) is 0 Å². The Kier molecular flexibility index (Phi) is 6.30. The van der Waals surface area contributed by atoms with Crippen LogP contribution < -0.4 is 0 Å². The van der Waals surface area contributed by atoms with Crippen LogP contribution in [0.25, 0.3) is 0 Å². The van der Waals surface area contributed by atoms with E-state index >= 15 is 0 Å². The van der Waals surface area contributed by atoms with Crippen molar-refractivity contribution in [2.75, 3.05) is 20.3 Å². The van der Waals surface area contributed by atoms with Crippen molar-refractivity contribution in [3.8, 4) is 0 Å². The topological polar surface area (TPSA) is 63.2 Å². The highest BCUT2D eigenvalue weighted by atomic mass is 16.8. The van der Waals surface area contributed by atoms with Crippen LogP contribution in [0.2, 0.25) is 0 Å². The zero-order valence-electron chi connectivity index (χ0n) is 16.5. The molecule has 2 aliphatic rings. The SMILES string of the molecule is CCC1(C)OCC(C(C(=O)OC)=C(C)C2COC(C)(CC(C)C)O2)O1. The summed E-state index contributed by atoms with van der Waals surface area (Å²) in [6.45, 7) is 12.7. The van der Waals surface area contributed by atoms with Gasteiger partial charge in [-0.05, 0) is 38.7 Å². The fourth-order valence-corrected chi connectivity index (χ4v) is 3.46. The first-order valence-corrected chi connectivity index (χ1v) is 9.05. The molecule has 0 aromatic rings. The summed E-state index contributed by atoms with van der Waals surface area (Å²) in [5.41, 5.74) is 1.26. The van der Waals surface area contributed by atoms with E-state index in [4.69, 9.17) is 23.7 Å². The predicted octanol–water partition coefficient (Wildman–Crippen LogP) is 3.20. The summed E-state index contributed by atoms with van der Waals surface area (Å²) in [4.78, 5) is 12.4. The molecule has 0 saturated carbocycles. The Balaban J connectivity index is 2.23. The zero-order valence-corrected chi connectivity index (χ0v) is 16.5. The van der Waals surface area contributed by atoms with Crippen LogP contribution >= 0.6 is 0 Å². The van der Waals surface area contributed by atoms with Gasteiger partial charge >= 0.3 is 5.97 Å². The number of esters is 1. The number of hydrogen-bond acceptors (Lipinski definition) is 6. The molecule has 0 amide bonds. The number of hydrogen-bond donors (Lipinski definition) is 0. The predicted molar refractivity (Wildman–Crippen MR) is 92.9 cm³/mol. The lowest BCUT2D eigenvalue weighted by molar-refractivity contribution is -0.162. The molecule has 2 heterocycles. The molecule has 4 unspecified atom stereocenters. The highest BCUT2D eigenvalue weighted by Gasteiger charge is 2.44. The second-order valence-electron chi connectivity index (χ2n) is 7.64. The van der Waals surface area contributed by atoms with Gasteiger partial charge in [-0.2, -0.15) is 0 Å². The molecule has 2 saturated heterocycles. The average molecular weight is 356 g/mol. The standard InChI is InChI=1S/C19H32O6/c1-8-18(5)22-11-15(25-18)16(17(20)21-7)13(4)14-10-23-19(6,24-14)9-12(2)3/h12,14-15H,8-11H2,1-7H3. The van der Waals surface area contributed by atoms with Gasteiger partial charge in [-0.1, -0.05) is 20.8 Å². The van der Waals surface area contributed by atoms with E-state index in [-0.39, 0.29) is 6.10 Å². The zero-order chi connectivity index (χ0) is 18.8. The van der Waals surface area contributed by atoms with Crippen LogP contribution in [-0.4, -0.2) is 50.1 Å². The molecule has 0 spiro atoms. The van der Waals surface area contributed by atoms with Crippen LogP contribution in [0.5, 0.6) is 0 Å². The molecule has 0 aromatic heterocycles. The molecule has 0 N–H and O–H groups in total. The Hall–Kier alpha value is -0.950. The fourth-order valence-electron chi connectivity index (χ4n) is 3.46. The molecular formula is C19H32O6. The summed E-state index contributed by atoms with van der Waals surface area (Å²) in [6, 6.07) is 0. The molecule has 6 heteroatoms. The molecule has 2 aliphatic heterocycles. The smallest absolute Gasteiger partial charge is 0.336 e. The fraction of sp³-hybridized carbons (Fsp3) is 0.842. The maximum atomic E-state index is 12.4. The third kappa shape index (κ3) is 4.61. The normalized spacial score (nSPS) is 36.6. The third-order valence-electron chi connectivity index (χ3n) is 4.92. The number of methoxy groups -OCH3 is 1. The van der Waals surface area contributed by atoms with Crippen molar-refractivity contribution in [3.05, 3.63) is 11.1 Å². The second-order valence-corrected chi connectivity index (χ2v) is 7.64. The first-order valence-electron chi connectivity index (χ1n) is 9.05. The molecule has 0 bridgehead atoms. The summed E-state index contributed by atoms with van der Waals surface area (Å²) in [5.74, 6) is -1.27. The lowest BCUT2D eigenvalue weighted by Gasteiger charge is -2.26. The van der Waals surface area contributed by atoms with Gasteiger partial charge in [-0.3, -0.25) is 0 Å².